The molecule has 3 N–H and O–H groups in total. The number of nitrogens with one attached hydrogen (secondary N) is 3. The summed E-state index contributed by atoms with van der Waals surface area (Å²) >= 11 is 12.9. The SMILES string of the molecule is CC(=O)NC(NCCC1CCNCC1)(c1ccncc1)c1cccc(Cl)c1Cl. The Kier molecular flexibility index (Phi) is 7.30. The van der Waals surface area contributed by atoms with Crippen molar-refractivity contribution in [1.29, 1.82) is 0 Å². The molecule has 1 fully saturated rings. The fourth-order valence-corrected chi connectivity index (χ4v) is 4.27. The molecule has 1 aromatic carbocycles. The van der Waals surface area contributed by atoms with E-state index >= 15 is 0 Å². The summed E-state index contributed by atoms with van der Waals surface area (Å²) < 4.78 is 0. The zero-order valence-corrected chi connectivity index (χ0v) is 17.5. The van der Waals surface area contributed by atoms with Gasteiger partial charge in [0.15, 0.2) is 0 Å². The molecule has 1 amide bonds. The number of hydrogen-bond acceptors (Lipinski definition) is 4. The van der Waals surface area contributed by atoms with Crippen molar-refractivity contribution in [2.24, 2.45) is 5.92 Å². The van der Waals surface area contributed by atoms with Crippen molar-refractivity contribution in [2.75, 3.05) is 19.6 Å². The number of pyridine rings is 1. The van der Waals surface area contributed by atoms with Gasteiger partial charge < -0.3 is 10.6 Å². The second kappa shape index (κ2) is 9.70. The van der Waals surface area contributed by atoms with E-state index < -0.39 is 5.66 Å². The van der Waals surface area contributed by atoms with Gasteiger partial charge in [-0.1, -0.05) is 35.3 Å². The number of amides is 1. The molecule has 0 spiro atoms. The summed E-state index contributed by atoms with van der Waals surface area (Å²) in [6.45, 7) is 4.36. The molecule has 2 heterocycles. The fourth-order valence-electron chi connectivity index (χ4n) is 3.83. The molecule has 0 aliphatic carbocycles. The van der Waals surface area contributed by atoms with E-state index in [1.54, 1.807) is 18.5 Å². The highest BCUT2D eigenvalue weighted by molar-refractivity contribution is 6.42. The lowest BCUT2D eigenvalue weighted by Gasteiger charge is -2.38. The molecule has 1 aliphatic heterocycles. The van der Waals surface area contributed by atoms with Gasteiger partial charge in [0.1, 0.15) is 5.66 Å². The van der Waals surface area contributed by atoms with Gasteiger partial charge in [-0.2, -0.15) is 0 Å². The average molecular weight is 421 g/mol. The first-order valence-electron chi connectivity index (χ1n) is 9.62. The van der Waals surface area contributed by atoms with Gasteiger partial charge in [0.2, 0.25) is 5.91 Å². The largest absolute Gasteiger partial charge is 0.330 e. The molecule has 0 bridgehead atoms. The number of carbonyl (C=O) groups excluding carboxylic acids is 1. The lowest BCUT2D eigenvalue weighted by molar-refractivity contribution is -0.120. The highest BCUT2D eigenvalue weighted by Gasteiger charge is 2.37. The Morgan fingerprint density at radius 1 is 1.21 bits per heavy atom. The number of halogens is 2. The van der Waals surface area contributed by atoms with Gasteiger partial charge in [-0.15, -0.1) is 0 Å². The molecule has 0 radical (unpaired) electrons. The number of carbonyl (C=O) groups is 1. The summed E-state index contributed by atoms with van der Waals surface area (Å²) in [5.41, 5.74) is 0.587. The number of aromatic nitrogens is 1. The Morgan fingerprint density at radius 2 is 1.93 bits per heavy atom. The minimum atomic E-state index is -0.982. The molecule has 1 saturated heterocycles. The topological polar surface area (TPSA) is 66.1 Å². The van der Waals surface area contributed by atoms with Crippen LogP contribution in [0.1, 0.15) is 37.3 Å². The molecular formula is C21H26Cl2N4O. The van der Waals surface area contributed by atoms with Crippen LogP contribution in [-0.4, -0.2) is 30.5 Å². The third-order valence-electron chi connectivity index (χ3n) is 5.23. The lowest BCUT2D eigenvalue weighted by Crippen LogP contribution is -2.57. The predicted octanol–water partition coefficient (Wildman–Crippen LogP) is 3.70. The van der Waals surface area contributed by atoms with Crippen molar-refractivity contribution in [3.05, 3.63) is 63.9 Å². The van der Waals surface area contributed by atoms with Crippen LogP contribution in [0.25, 0.3) is 0 Å². The van der Waals surface area contributed by atoms with Crippen LogP contribution in [0.4, 0.5) is 0 Å². The van der Waals surface area contributed by atoms with Crippen LogP contribution >= 0.6 is 23.2 Å². The smallest absolute Gasteiger partial charge is 0.218 e. The Balaban J connectivity index is 1.97. The van der Waals surface area contributed by atoms with E-state index in [2.05, 4.69) is 20.9 Å². The summed E-state index contributed by atoms with van der Waals surface area (Å²) in [5.74, 6) is 0.498. The van der Waals surface area contributed by atoms with Gasteiger partial charge in [-0.3, -0.25) is 15.1 Å². The number of benzene rings is 1. The van der Waals surface area contributed by atoms with E-state index in [0.717, 1.165) is 31.6 Å². The van der Waals surface area contributed by atoms with Crippen LogP contribution in [0.2, 0.25) is 10.0 Å². The molecule has 1 atom stereocenters. The molecule has 7 heteroatoms. The molecule has 1 aliphatic rings. The normalized spacial score (nSPS) is 17.1. The lowest BCUT2D eigenvalue weighted by atomic mass is 9.89. The molecule has 1 unspecified atom stereocenters. The van der Waals surface area contributed by atoms with Crippen molar-refractivity contribution in [2.45, 2.75) is 31.8 Å². The molecule has 28 heavy (non-hydrogen) atoms. The summed E-state index contributed by atoms with van der Waals surface area (Å²) in [7, 11) is 0. The monoisotopic (exact) mass is 420 g/mol. The molecule has 2 aromatic rings. The summed E-state index contributed by atoms with van der Waals surface area (Å²) in [4.78, 5) is 16.3. The second-order valence-corrected chi connectivity index (χ2v) is 7.96. The van der Waals surface area contributed by atoms with E-state index in [0.29, 0.717) is 21.5 Å². The van der Waals surface area contributed by atoms with Gasteiger partial charge in [0.05, 0.1) is 10.0 Å². The number of hydrogen-bond donors (Lipinski definition) is 3. The van der Waals surface area contributed by atoms with E-state index in [1.165, 1.54) is 19.8 Å². The standard InChI is InChI=1S/C21H26Cl2N4O/c1-15(28)27-21(17-8-12-25-13-9-17,18-3-2-4-19(22)20(18)23)26-14-7-16-5-10-24-11-6-16/h2-4,8-9,12-13,16,24,26H,5-7,10-11,14H2,1H3,(H,27,28). The van der Waals surface area contributed by atoms with Crippen molar-refractivity contribution in [3.63, 3.8) is 0 Å². The fraction of sp³-hybridized carbons (Fsp3) is 0.429. The maximum absolute atomic E-state index is 12.2. The van der Waals surface area contributed by atoms with Crippen LogP contribution < -0.4 is 16.0 Å². The van der Waals surface area contributed by atoms with Gasteiger partial charge in [0.25, 0.3) is 0 Å². The molecular weight excluding hydrogens is 395 g/mol. The van der Waals surface area contributed by atoms with Gasteiger partial charge in [-0.25, -0.2) is 0 Å². The minimum Gasteiger partial charge on any atom is -0.330 e. The van der Waals surface area contributed by atoms with Crippen LogP contribution in [0.15, 0.2) is 42.7 Å². The number of rotatable bonds is 7. The third kappa shape index (κ3) is 4.84. The van der Waals surface area contributed by atoms with E-state index in [9.17, 15) is 4.79 Å². The molecule has 150 valence electrons. The number of piperidine rings is 1. The molecule has 5 nitrogen and oxygen atoms in total. The van der Waals surface area contributed by atoms with Crippen LogP contribution in [0.5, 0.6) is 0 Å². The summed E-state index contributed by atoms with van der Waals surface area (Å²) in [6, 6.07) is 9.24. The first kappa shape index (κ1) is 21.1. The summed E-state index contributed by atoms with van der Waals surface area (Å²) in [5, 5.41) is 11.0. The predicted molar refractivity (Wildman–Crippen MR) is 114 cm³/mol. The molecule has 1 aromatic heterocycles. The zero-order valence-electron chi connectivity index (χ0n) is 16.0. The van der Waals surface area contributed by atoms with Crippen molar-refractivity contribution >= 4 is 29.1 Å². The highest BCUT2D eigenvalue weighted by atomic mass is 35.5. The zero-order chi connectivity index (χ0) is 20.0. The minimum absolute atomic E-state index is 0.165. The highest BCUT2D eigenvalue weighted by Crippen LogP contribution is 2.36. The maximum atomic E-state index is 12.2. The second-order valence-electron chi connectivity index (χ2n) is 7.18. The summed E-state index contributed by atoms with van der Waals surface area (Å²) in [6.07, 6.45) is 6.77. The van der Waals surface area contributed by atoms with E-state index in [4.69, 9.17) is 23.2 Å². The van der Waals surface area contributed by atoms with Crippen LogP contribution in [0, 0.1) is 5.92 Å². The number of nitrogens with zero attached hydrogens (tertiary/aromatic N) is 1. The van der Waals surface area contributed by atoms with Crippen molar-refractivity contribution in [1.82, 2.24) is 20.9 Å². The molecule has 0 saturated carbocycles. The Labute approximate surface area is 176 Å². The molecule has 3 rings (SSSR count). The van der Waals surface area contributed by atoms with Gasteiger partial charge in [0, 0.05) is 24.9 Å². The first-order chi connectivity index (χ1) is 13.5. The Hall–Kier alpha value is -1.66. The quantitative estimate of drug-likeness (QED) is 0.597. The van der Waals surface area contributed by atoms with Crippen molar-refractivity contribution < 1.29 is 4.79 Å². The Bertz CT molecular complexity index is 796. The van der Waals surface area contributed by atoms with E-state index in [1.807, 2.05) is 24.3 Å². The third-order valence-corrected chi connectivity index (χ3v) is 6.05. The van der Waals surface area contributed by atoms with Gasteiger partial charge >= 0.3 is 0 Å². The van der Waals surface area contributed by atoms with Gasteiger partial charge in [-0.05, 0) is 68.6 Å². The maximum Gasteiger partial charge on any atom is 0.218 e. The van der Waals surface area contributed by atoms with E-state index in [-0.39, 0.29) is 5.91 Å². The van der Waals surface area contributed by atoms with Crippen LogP contribution in [-0.2, 0) is 10.5 Å². The Morgan fingerprint density at radius 3 is 2.61 bits per heavy atom. The first-order valence-corrected chi connectivity index (χ1v) is 10.4. The average Bonchev–Trinajstić information content (AvgIpc) is 2.70. The van der Waals surface area contributed by atoms with Crippen LogP contribution in [0.3, 0.4) is 0 Å². The van der Waals surface area contributed by atoms with Crippen molar-refractivity contribution in [3.8, 4) is 0 Å².